The predicted molar refractivity (Wildman–Crippen MR) is 118 cm³/mol. The quantitative estimate of drug-likeness (QED) is 0.503. The third-order valence-corrected chi connectivity index (χ3v) is 6.46. The number of carbonyl (C=O) groups is 1. The number of hydrogen-bond donors (Lipinski definition) is 0. The number of carbonyl (C=O) groups excluding carboxylic acids is 1. The highest BCUT2D eigenvalue weighted by Gasteiger charge is 2.25. The highest BCUT2D eigenvalue weighted by atomic mass is 32.1. The molecule has 0 radical (unpaired) electrons. The Morgan fingerprint density at radius 1 is 1.03 bits per heavy atom. The van der Waals surface area contributed by atoms with Gasteiger partial charge in [-0.25, -0.2) is 9.97 Å². The molecule has 6 nitrogen and oxygen atoms in total. The molecular weight excluding hydrogens is 396 g/mol. The number of hydrogen-bond acceptors (Lipinski definition) is 5. The molecule has 1 fully saturated rings. The second-order valence-electron chi connectivity index (χ2n) is 7.33. The first-order valence-corrected chi connectivity index (χ1v) is 10.9. The number of benzene rings is 2. The standard InChI is InChI=1S/C23H22N4O2S/c1-16-20(23(28)26-11-13-29-14-12-26)30-22(24-16)21-25-18-9-5-6-10-19(18)27(21)15-17-7-3-2-4-8-17/h2-10H,11-15H2,1H3. The van der Waals surface area contributed by atoms with Crippen molar-refractivity contribution < 1.29 is 9.53 Å². The zero-order valence-corrected chi connectivity index (χ0v) is 17.6. The minimum Gasteiger partial charge on any atom is -0.378 e. The second kappa shape index (κ2) is 8.01. The fourth-order valence-corrected chi connectivity index (χ4v) is 4.80. The number of rotatable bonds is 4. The van der Waals surface area contributed by atoms with Gasteiger partial charge in [0.05, 0.1) is 29.9 Å². The number of amides is 1. The largest absolute Gasteiger partial charge is 0.378 e. The van der Waals surface area contributed by atoms with E-state index in [1.54, 1.807) is 0 Å². The highest BCUT2D eigenvalue weighted by molar-refractivity contribution is 7.17. The molecule has 152 valence electrons. The van der Waals surface area contributed by atoms with Crippen molar-refractivity contribution in [3.63, 3.8) is 0 Å². The number of imidazole rings is 1. The van der Waals surface area contributed by atoms with Crippen molar-refractivity contribution in [1.82, 2.24) is 19.4 Å². The molecule has 1 aliphatic rings. The van der Waals surface area contributed by atoms with Gasteiger partial charge in [-0.1, -0.05) is 42.5 Å². The van der Waals surface area contributed by atoms with Crippen molar-refractivity contribution in [2.45, 2.75) is 13.5 Å². The molecule has 0 atom stereocenters. The number of fused-ring (bicyclic) bond motifs is 1. The fraction of sp³-hybridized carbons (Fsp3) is 0.261. The van der Waals surface area contributed by atoms with Crippen LogP contribution in [0, 0.1) is 6.92 Å². The van der Waals surface area contributed by atoms with Crippen LogP contribution in [0.1, 0.15) is 20.9 Å². The average Bonchev–Trinajstić information content (AvgIpc) is 3.35. The van der Waals surface area contributed by atoms with Gasteiger partial charge in [0.15, 0.2) is 10.8 Å². The van der Waals surface area contributed by atoms with Crippen LogP contribution >= 0.6 is 11.3 Å². The number of para-hydroxylation sites is 2. The van der Waals surface area contributed by atoms with Crippen LogP contribution in [0.4, 0.5) is 0 Å². The minimum absolute atomic E-state index is 0.0327. The summed E-state index contributed by atoms with van der Waals surface area (Å²) in [5, 5.41) is 0.774. The SMILES string of the molecule is Cc1nc(-c2nc3ccccc3n2Cc2ccccc2)sc1C(=O)N1CCOCC1. The molecule has 30 heavy (non-hydrogen) atoms. The lowest BCUT2D eigenvalue weighted by molar-refractivity contribution is 0.0305. The summed E-state index contributed by atoms with van der Waals surface area (Å²) in [5.74, 6) is 0.833. The van der Waals surface area contributed by atoms with Gasteiger partial charge in [0.1, 0.15) is 4.88 Å². The van der Waals surface area contributed by atoms with E-state index in [0.29, 0.717) is 37.7 Å². The van der Waals surface area contributed by atoms with Gasteiger partial charge in [-0.2, -0.15) is 0 Å². The first-order valence-electron chi connectivity index (χ1n) is 10.0. The molecular formula is C23H22N4O2S. The minimum atomic E-state index is 0.0327. The lowest BCUT2D eigenvalue weighted by Crippen LogP contribution is -2.40. The van der Waals surface area contributed by atoms with Crippen molar-refractivity contribution in [3.8, 4) is 10.8 Å². The number of morpholine rings is 1. The predicted octanol–water partition coefficient (Wildman–Crippen LogP) is 3.99. The van der Waals surface area contributed by atoms with Crippen LogP contribution in [-0.2, 0) is 11.3 Å². The van der Waals surface area contributed by atoms with E-state index in [9.17, 15) is 4.79 Å². The van der Waals surface area contributed by atoms with Gasteiger partial charge in [-0.3, -0.25) is 4.79 Å². The molecule has 7 heteroatoms. The number of thiazole rings is 1. The molecule has 0 unspecified atom stereocenters. The second-order valence-corrected chi connectivity index (χ2v) is 8.33. The molecule has 0 aliphatic carbocycles. The van der Waals surface area contributed by atoms with Crippen molar-refractivity contribution in [2.75, 3.05) is 26.3 Å². The number of aryl methyl sites for hydroxylation is 1. The van der Waals surface area contributed by atoms with Crippen molar-refractivity contribution in [1.29, 1.82) is 0 Å². The molecule has 4 aromatic rings. The lowest BCUT2D eigenvalue weighted by Gasteiger charge is -2.26. The van der Waals surface area contributed by atoms with Crippen molar-refractivity contribution >= 4 is 28.3 Å². The lowest BCUT2D eigenvalue weighted by atomic mass is 10.2. The molecule has 0 bridgehead atoms. The molecule has 1 saturated heterocycles. The maximum absolute atomic E-state index is 13.0. The maximum atomic E-state index is 13.0. The summed E-state index contributed by atoms with van der Waals surface area (Å²) in [5.41, 5.74) is 3.94. The summed E-state index contributed by atoms with van der Waals surface area (Å²) in [6.45, 7) is 5.02. The average molecular weight is 419 g/mol. The van der Waals surface area contributed by atoms with E-state index in [4.69, 9.17) is 14.7 Å². The third-order valence-electron chi connectivity index (χ3n) is 5.32. The zero-order valence-electron chi connectivity index (χ0n) is 16.7. The molecule has 2 aromatic heterocycles. The summed E-state index contributed by atoms with van der Waals surface area (Å²) in [4.78, 5) is 25.2. The van der Waals surface area contributed by atoms with E-state index in [1.807, 2.05) is 48.2 Å². The Morgan fingerprint density at radius 2 is 1.77 bits per heavy atom. The molecule has 2 aromatic carbocycles. The molecule has 0 saturated carbocycles. The fourth-order valence-electron chi connectivity index (χ4n) is 3.77. The molecule has 1 aliphatic heterocycles. The first-order chi connectivity index (χ1) is 14.7. The summed E-state index contributed by atoms with van der Waals surface area (Å²) >= 11 is 1.43. The molecule has 0 spiro atoms. The number of nitrogens with zero attached hydrogens (tertiary/aromatic N) is 4. The van der Waals surface area contributed by atoms with Gasteiger partial charge in [0, 0.05) is 19.6 Å². The van der Waals surface area contributed by atoms with E-state index in [0.717, 1.165) is 27.6 Å². The zero-order chi connectivity index (χ0) is 20.5. The smallest absolute Gasteiger partial charge is 0.266 e. The van der Waals surface area contributed by atoms with E-state index in [2.05, 4.69) is 22.8 Å². The molecule has 0 N–H and O–H groups in total. The van der Waals surface area contributed by atoms with E-state index < -0.39 is 0 Å². The van der Waals surface area contributed by atoms with Crippen LogP contribution in [0.15, 0.2) is 54.6 Å². The van der Waals surface area contributed by atoms with Gasteiger partial charge in [-0.15, -0.1) is 11.3 Å². The van der Waals surface area contributed by atoms with E-state index >= 15 is 0 Å². The topological polar surface area (TPSA) is 60.2 Å². The summed E-state index contributed by atoms with van der Waals surface area (Å²) in [7, 11) is 0. The normalized spacial score (nSPS) is 14.4. The molecule has 3 heterocycles. The Kier molecular flexibility index (Phi) is 5.06. The van der Waals surface area contributed by atoms with Crippen LogP contribution in [0.3, 0.4) is 0 Å². The van der Waals surface area contributed by atoms with Gasteiger partial charge < -0.3 is 14.2 Å². The molecule has 5 rings (SSSR count). The Labute approximate surface area is 178 Å². The summed E-state index contributed by atoms with van der Waals surface area (Å²) in [6, 6.07) is 18.4. The van der Waals surface area contributed by atoms with Crippen molar-refractivity contribution in [3.05, 3.63) is 70.7 Å². The third kappa shape index (κ3) is 3.51. The van der Waals surface area contributed by atoms with Gasteiger partial charge >= 0.3 is 0 Å². The molecule has 1 amide bonds. The van der Waals surface area contributed by atoms with E-state index in [-0.39, 0.29) is 5.91 Å². The van der Waals surface area contributed by atoms with Gasteiger partial charge in [0.25, 0.3) is 5.91 Å². The highest BCUT2D eigenvalue weighted by Crippen LogP contribution is 2.31. The monoisotopic (exact) mass is 418 g/mol. The van der Waals surface area contributed by atoms with Gasteiger partial charge in [-0.05, 0) is 24.6 Å². The maximum Gasteiger partial charge on any atom is 0.266 e. The van der Waals surface area contributed by atoms with Crippen LogP contribution < -0.4 is 0 Å². The Morgan fingerprint density at radius 3 is 2.57 bits per heavy atom. The van der Waals surface area contributed by atoms with Crippen molar-refractivity contribution in [2.24, 2.45) is 0 Å². The summed E-state index contributed by atoms with van der Waals surface area (Å²) in [6.07, 6.45) is 0. The Bertz CT molecular complexity index is 1190. The van der Waals surface area contributed by atoms with E-state index in [1.165, 1.54) is 16.9 Å². The first kappa shape index (κ1) is 19.0. The van der Waals surface area contributed by atoms with Crippen LogP contribution in [0.5, 0.6) is 0 Å². The van der Waals surface area contributed by atoms with Gasteiger partial charge in [0.2, 0.25) is 0 Å². The summed E-state index contributed by atoms with van der Waals surface area (Å²) < 4.78 is 7.56. The number of aromatic nitrogens is 3. The Hall–Kier alpha value is -3.03. The number of ether oxygens (including phenoxy) is 1. The van der Waals surface area contributed by atoms with Crippen LogP contribution in [-0.4, -0.2) is 51.6 Å². The van der Waals surface area contributed by atoms with Crippen LogP contribution in [0.25, 0.3) is 21.9 Å². The van der Waals surface area contributed by atoms with Crippen LogP contribution in [0.2, 0.25) is 0 Å². The Balaban J connectivity index is 1.56.